The fourth-order valence-electron chi connectivity index (χ4n) is 2.27. The van der Waals surface area contributed by atoms with Crippen molar-refractivity contribution in [3.63, 3.8) is 0 Å². The molecule has 4 heteroatoms. The summed E-state index contributed by atoms with van der Waals surface area (Å²) in [4.78, 5) is 11.9. The fraction of sp³-hybridized carbons (Fsp3) is 0.300. The van der Waals surface area contributed by atoms with Gasteiger partial charge < -0.3 is 4.74 Å². The van der Waals surface area contributed by atoms with Gasteiger partial charge >= 0.3 is 0 Å². The van der Waals surface area contributed by atoms with E-state index in [0.29, 0.717) is 5.75 Å². The number of hydrogen-bond donors (Lipinski definition) is 1. The molecule has 0 aliphatic rings. The number of carbonyl (C=O) groups is 1. The molecule has 0 atom stereocenters. The molecule has 0 spiro atoms. The third-order valence-corrected chi connectivity index (χ3v) is 3.55. The van der Waals surface area contributed by atoms with Gasteiger partial charge in [-0.1, -0.05) is 68.3 Å². The van der Waals surface area contributed by atoms with Crippen LogP contribution >= 0.6 is 0 Å². The van der Waals surface area contributed by atoms with Gasteiger partial charge in [0.15, 0.2) is 6.61 Å². The Morgan fingerprint density at radius 3 is 2.33 bits per heavy atom. The second-order valence-corrected chi connectivity index (χ2v) is 5.52. The molecule has 1 amide bonds. The van der Waals surface area contributed by atoms with Gasteiger partial charge in [0.25, 0.3) is 5.91 Å². The molecule has 0 unspecified atom stereocenters. The highest BCUT2D eigenvalue weighted by Crippen LogP contribution is 2.09. The average molecular weight is 324 g/mol. The first kappa shape index (κ1) is 17.7. The van der Waals surface area contributed by atoms with E-state index in [4.69, 9.17) is 4.74 Å². The van der Waals surface area contributed by atoms with Crippen LogP contribution in [0, 0.1) is 0 Å². The summed E-state index contributed by atoms with van der Waals surface area (Å²) in [6, 6.07) is 19.2. The molecule has 0 aliphatic carbocycles. The van der Waals surface area contributed by atoms with Crippen molar-refractivity contribution in [1.29, 1.82) is 0 Å². The molecule has 0 heterocycles. The Morgan fingerprint density at radius 1 is 1.00 bits per heavy atom. The third-order valence-electron chi connectivity index (χ3n) is 3.55. The highest BCUT2D eigenvalue weighted by atomic mass is 16.5. The first-order valence-corrected chi connectivity index (χ1v) is 8.38. The van der Waals surface area contributed by atoms with Crippen molar-refractivity contribution < 1.29 is 9.53 Å². The van der Waals surface area contributed by atoms with Crippen molar-refractivity contribution in [2.75, 3.05) is 6.61 Å². The fourth-order valence-corrected chi connectivity index (χ4v) is 2.27. The van der Waals surface area contributed by atoms with E-state index in [-0.39, 0.29) is 12.5 Å². The summed E-state index contributed by atoms with van der Waals surface area (Å²) < 4.78 is 5.42. The molecule has 0 radical (unpaired) electrons. The van der Waals surface area contributed by atoms with Gasteiger partial charge in [0.1, 0.15) is 5.75 Å². The van der Waals surface area contributed by atoms with Crippen LogP contribution in [0.4, 0.5) is 0 Å². The maximum atomic E-state index is 11.9. The van der Waals surface area contributed by atoms with Crippen LogP contribution in [0.1, 0.15) is 38.2 Å². The van der Waals surface area contributed by atoms with Gasteiger partial charge in [0.2, 0.25) is 0 Å². The lowest BCUT2D eigenvalue weighted by molar-refractivity contribution is -0.123. The summed E-state index contributed by atoms with van der Waals surface area (Å²) in [5.74, 6) is 0.408. The van der Waals surface area contributed by atoms with Gasteiger partial charge in [-0.25, -0.2) is 5.43 Å². The number of unbranched alkanes of at least 4 members (excludes halogenated alkanes) is 2. The van der Waals surface area contributed by atoms with Gasteiger partial charge in [-0.2, -0.15) is 5.10 Å². The van der Waals surface area contributed by atoms with Crippen molar-refractivity contribution in [2.45, 2.75) is 32.6 Å². The van der Waals surface area contributed by atoms with Crippen LogP contribution in [0.5, 0.6) is 5.75 Å². The topological polar surface area (TPSA) is 50.7 Å². The minimum atomic E-state index is -0.261. The number of benzene rings is 2. The smallest absolute Gasteiger partial charge is 0.277 e. The van der Waals surface area contributed by atoms with Gasteiger partial charge in [0, 0.05) is 0 Å². The number of nitrogens with one attached hydrogen (secondary N) is 1. The van der Waals surface area contributed by atoms with Crippen molar-refractivity contribution in [1.82, 2.24) is 5.43 Å². The summed E-state index contributed by atoms with van der Waals surface area (Å²) in [7, 11) is 0. The van der Waals surface area contributed by atoms with E-state index < -0.39 is 0 Å². The molecule has 0 aromatic heterocycles. The Morgan fingerprint density at radius 2 is 1.67 bits per heavy atom. The number of carbonyl (C=O) groups excluding carboxylic acids is 1. The van der Waals surface area contributed by atoms with Crippen LogP contribution in [0.15, 0.2) is 65.8 Å². The monoisotopic (exact) mass is 324 g/mol. The molecule has 0 aliphatic heterocycles. The van der Waals surface area contributed by atoms with Crippen molar-refractivity contribution in [3.8, 4) is 5.75 Å². The lowest BCUT2D eigenvalue weighted by atomic mass is 10.0. The van der Waals surface area contributed by atoms with E-state index in [2.05, 4.69) is 17.5 Å². The zero-order chi connectivity index (χ0) is 17.0. The van der Waals surface area contributed by atoms with Crippen LogP contribution < -0.4 is 10.2 Å². The van der Waals surface area contributed by atoms with Crippen molar-refractivity contribution in [3.05, 3.63) is 66.2 Å². The Hall–Kier alpha value is -2.62. The van der Waals surface area contributed by atoms with Gasteiger partial charge in [-0.3, -0.25) is 4.79 Å². The summed E-state index contributed by atoms with van der Waals surface area (Å²) in [6.45, 7) is 2.12. The Bertz CT molecular complexity index is 639. The average Bonchev–Trinajstić information content (AvgIpc) is 2.64. The number of nitrogens with zero attached hydrogens (tertiary/aromatic N) is 1. The molecule has 0 saturated carbocycles. The molecule has 1 N–H and O–H groups in total. The molecule has 0 bridgehead atoms. The van der Waals surface area contributed by atoms with Crippen LogP contribution in [-0.2, 0) is 4.79 Å². The van der Waals surface area contributed by atoms with Crippen molar-refractivity contribution >= 4 is 11.6 Å². The third kappa shape index (κ3) is 6.24. The van der Waals surface area contributed by atoms with Gasteiger partial charge in [0.05, 0.1) is 5.71 Å². The van der Waals surface area contributed by atoms with E-state index >= 15 is 0 Å². The second-order valence-electron chi connectivity index (χ2n) is 5.52. The van der Waals surface area contributed by atoms with Gasteiger partial charge in [-0.05, 0) is 30.5 Å². The molecule has 2 aromatic rings. The molecule has 0 fully saturated rings. The summed E-state index contributed by atoms with van der Waals surface area (Å²) >= 11 is 0. The number of para-hydroxylation sites is 1. The highest BCUT2D eigenvalue weighted by molar-refractivity contribution is 6.01. The van der Waals surface area contributed by atoms with Crippen LogP contribution in [-0.4, -0.2) is 18.2 Å². The van der Waals surface area contributed by atoms with Gasteiger partial charge in [-0.15, -0.1) is 0 Å². The summed E-state index contributed by atoms with van der Waals surface area (Å²) in [6.07, 6.45) is 4.20. The number of hydrogen-bond acceptors (Lipinski definition) is 3. The molecule has 24 heavy (non-hydrogen) atoms. The Labute approximate surface area is 143 Å². The van der Waals surface area contributed by atoms with Crippen LogP contribution in [0.2, 0.25) is 0 Å². The number of ether oxygens (including phenoxy) is 1. The number of hydrazone groups is 1. The second kappa shape index (κ2) is 10.2. The largest absolute Gasteiger partial charge is 0.484 e. The highest BCUT2D eigenvalue weighted by Gasteiger charge is 2.06. The maximum Gasteiger partial charge on any atom is 0.277 e. The first-order chi connectivity index (χ1) is 11.8. The molecule has 0 saturated heterocycles. The number of rotatable bonds is 9. The van der Waals surface area contributed by atoms with E-state index in [1.54, 1.807) is 0 Å². The molecule has 2 aromatic carbocycles. The van der Waals surface area contributed by atoms with Crippen LogP contribution in [0.3, 0.4) is 0 Å². The first-order valence-electron chi connectivity index (χ1n) is 8.38. The molecule has 2 rings (SSSR count). The standard InChI is InChI=1S/C20H24N2O2/c1-2-3-6-15-19(17-11-7-4-8-12-17)21-22-20(23)16-24-18-13-9-5-10-14-18/h4-5,7-14H,2-3,6,15-16H2,1H3,(H,22,23)/b21-19-. The SMILES string of the molecule is CCCCC/C(=N/NC(=O)COc1ccccc1)c1ccccc1. The predicted octanol–water partition coefficient (Wildman–Crippen LogP) is 4.17. The maximum absolute atomic E-state index is 11.9. The Kier molecular flexibility index (Phi) is 7.54. The molecule has 126 valence electrons. The van der Waals surface area contributed by atoms with E-state index in [0.717, 1.165) is 37.0 Å². The summed E-state index contributed by atoms with van der Waals surface area (Å²) in [5.41, 5.74) is 4.54. The minimum absolute atomic E-state index is 0.0510. The quantitative estimate of drug-likeness (QED) is 0.428. The zero-order valence-electron chi connectivity index (χ0n) is 14.1. The predicted molar refractivity (Wildman–Crippen MR) is 97.2 cm³/mol. The lowest BCUT2D eigenvalue weighted by Gasteiger charge is -2.08. The summed E-state index contributed by atoms with van der Waals surface area (Å²) in [5, 5.41) is 4.32. The van der Waals surface area contributed by atoms with E-state index in [9.17, 15) is 4.79 Å². The molecular weight excluding hydrogens is 300 g/mol. The normalized spacial score (nSPS) is 11.1. The van der Waals surface area contributed by atoms with E-state index in [1.807, 2.05) is 60.7 Å². The number of amides is 1. The van der Waals surface area contributed by atoms with Crippen LogP contribution in [0.25, 0.3) is 0 Å². The lowest BCUT2D eigenvalue weighted by Crippen LogP contribution is -2.26. The van der Waals surface area contributed by atoms with Crippen molar-refractivity contribution in [2.24, 2.45) is 5.10 Å². The minimum Gasteiger partial charge on any atom is -0.484 e. The zero-order valence-corrected chi connectivity index (χ0v) is 14.1. The Balaban J connectivity index is 1.92. The molecular formula is C20H24N2O2. The molecule has 4 nitrogen and oxygen atoms in total. The van der Waals surface area contributed by atoms with E-state index in [1.165, 1.54) is 0 Å².